The average Bonchev–Trinajstić information content (AvgIpc) is 2.55. The van der Waals surface area contributed by atoms with Gasteiger partial charge in [-0.1, -0.05) is 55.0 Å². The van der Waals surface area contributed by atoms with Gasteiger partial charge in [0.25, 0.3) is 0 Å². The van der Waals surface area contributed by atoms with Crippen LogP contribution >= 0.6 is 0 Å². The number of aliphatic imine (C=N–C) groups is 1. The fourth-order valence-corrected chi connectivity index (χ4v) is 3.22. The Morgan fingerprint density at radius 3 is 2.62 bits per heavy atom. The van der Waals surface area contributed by atoms with Crippen molar-refractivity contribution in [2.24, 2.45) is 10.7 Å². The molecule has 0 fully saturated rings. The number of carbonyl (C=O) groups is 1. The molecule has 0 saturated carbocycles. The number of nitrogens with two attached hydrogens (primary N) is 1. The third-order valence-electron chi connectivity index (χ3n) is 4.59. The van der Waals surface area contributed by atoms with Crippen molar-refractivity contribution in [2.75, 3.05) is 0 Å². The van der Waals surface area contributed by atoms with E-state index in [1.165, 1.54) is 22.4 Å². The maximum Gasteiger partial charge on any atom is 0.248 e. The monoisotopic (exact) mass is 318 g/mol. The fourth-order valence-electron chi connectivity index (χ4n) is 3.22. The van der Waals surface area contributed by atoms with Gasteiger partial charge < -0.3 is 5.73 Å². The molecule has 1 atom stereocenters. The van der Waals surface area contributed by atoms with E-state index in [4.69, 9.17) is 5.73 Å². The van der Waals surface area contributed by atoms with Gasteiger partial charge in [0.05, 0.1) is 0 Å². The molecule has 2 aromatic rings. The maximum atomic E-state index is 11.2. The Hall–Kier alpha value is -2.68. The van der Waals surface area contributed by atoms with E-state index in [1.807, 2.05) is 18.3 Å². The van der Waals surface area contributed by atoms with E-state index in [0.717, 1.165) is 12.8 Å². The lowest BCUT2D eigenvalue weighted by Gasteiger charge is -2.30. The Morgan fingerprint density at radius 1 is 1.21 bits per heavy atom. The normalized spacial score (nSPS) is 19.8. The molecule has 2 N–H and O–H groups in total. The number of hydrogen-bond donors (Lipinski definition) is 1. The highest BCUT2D eigenvalue weighted by Crippen LogP contribution is 2.33. The summed E-state index contributed by atoms with van der Waals surface area (Å²) in [6.45, 7) is 4.31. The lowest BCUT2D eigenvalue weighted by Crippen LogP contribution is -2.26. The zero-order valence-electron chi connectivity index (χ0n) is 14.1. The van der Waals surface area contributed by atoms with Gasteiger partial charge in [-0.15, -0.1) is 0 Å². The first-order valence-corrected chi connectivity index (χ1v) is 8.15. The van der Waals surface area contributed by atoms with Gasteiger partial charge in [-0.25, -0.2) is 0 Å². The largest absolute Gasteiger partial charge is 0.366 e. The van der Waals surface area contributed by atoms with E-state index < -0.39 is 5.91 Å². The second-order valence-corrected chi connectivity index (χ2v) is 6.71. The molecular formula is C21H22N2O. The van der Waals surface area contributed by atoms with Crippen molar-refractivity contribution < 1.29 is 4.79 Å². The molecule has 0 spiro atoms. The van der Waals surface area contributed by atoms with Crippen molar-refractivity contribution in [1.29, 1.82) is 0 Å². The first-order chi connectivity index (χ1) is 11.5. The summed E-state index contributed by atoms with van der Waals surface area (Å²) in [6.07, 6.45) is 5.76. The minimum absolute atomic E-state index is 0.114. The van der Waals surface area contributed by atoms with E-state index >= 15 is 0 Å². The molecule has 0 saturated heterocycles. The summed E-state index contributed by atoms with van der Waals surface area (Å²) >= 11 is 0. The van der Waals surface area contributed by atoms with Crippen molar-refractivity contribution in [3.63, 3.8) is 0 Å². The quantitative estimate of drug-likeness (QED) is 0.911. The van der Waals surface area contributed by atoms with Crippen molar-refractivity contribution in [2.45, 2.75) is 32.1 Å². The van der Waals surface area contributed by atoms with Gasteiger partial charge in [0.1, 0.15) is 0 Å². The predicted octanol–water partition coefficient (Wildman–Crippen LogP) is 3.95. The smallest absolute Gasteiger partial charge is 0.248 e. The molecule has 24 heavy (non-hydrogen) atoms. The van der Waals surface area contributed by atoms with Crippen LogP contribution in [0.3, 0.4) is 0 Å². The first kappa shape index (κ1) is 16.2. The number of benzene rings is 2. The Balaban J connectivity index is 1.79. The van der Waals surface area contributed by atoms with Crippen molar-refractivity contribution in [1.82, 2.24) is 0 Å². The molecule has 1 aliphatic rings. The lowest BCUT2D eigenvalue weighted by atomic mass is 9.76. The van der Waals surface area contributed by atoms with Crippen molar-refractivity contribution in [3.8, 4) is 0 Å². The van der Waals surface area contributed by atoms with Crippen LogP contribution in [0.5, 0.6) is 0 Å². The van der Waals surface area contributed by atoms with E-state index in [2.05, 4.69) is 49.2 Å². The predicted molar refractivity (Wildman–Crippen MR) is 98.4 cm³/mol. The molecule has 0 aromatic heterocycles. The highest BCUT2D eigenvalue weighted by atomic mass is 16.1. The molecule has 1 heterocycles. The van der Waals surface area contributed by atoms with Crippen LogP contribution in [-0.4, -0.2) is 11.6 Å². The van der Waals surface area contributed by atoms with Gasteiger partial charge in [-0.05, 0) is 36.6 Å². The second kappa shape index (κ2) is 6.44. The summed E-state index contributed by atoms with van der Waals surface area (Å²) in [7, 11) is 0. The summed E-state index contributed by atoms with van der Waals surface area (Å²) < 4.78 is 0. The highest BCUT2D eigenvalue weighted by molar-refractivity contribution is 5.93. The summed E-state index contributed by atoms with van der Waals surface area (Å²) in [5.74, 6) is -0.396. The summed E-state index contributed by atoms with van der Waals surface area (Å²) in [5.41, 5.74) is 10.6. The molecule has 3 rings (SSSR count). The summed E-state index contributed by atoms with van der Waals surface area (Å²) in [6, 6.07) is 16.1. The van der Waals surface area contributed by atoms with Gasteiger partial charge in [0.15, 0.2) is 0 Å². The number of carbonyl (C=O) groups excluding carboxylic acids is 1. The second-order valence-electron chi connectivity index (χ2n) is 6.71. The van der Waals surface area contributed by atoms with Crippen LogP contribution in [0, 0.1) is 6.92 Å². The minimum Gasteiger partial charge on any atom is -0.366 e. The van der Waals surface area contributed by atoms with Crippen LogP contribution in [0.2, 0.25) is 0 Å². The van der Waals surface area contributed by atoms with Crippen LogP contribution in [0.15, 0.2) is 65.8 Å². The lowest BCUT2D eigenvalue weighted by molar-refractivity contribution is 0.1000. The average molecular weight is 318 g/mol. The zero-order valence-corrected chi connectivity index (χ0v) is 14.1. The van der Waals surface area contributed by atoms with Crippen LogP contribution in [-0.2, 0) is 11.8 Å². The van der Waals surface area contributed by atoms with Gasteiger partial charge in [-0.2, -0.15) is 0 Å². The molecule has 0 radical (unpaired) electrons. The SMILES string of the molecule is Cc1cccc(CC2=NC=CC(C)(c3ccc(C(N)=O)cc3)C2)c1. The number of aryl methyl sites for hydroxylation is 1. The van der Waals surface area contributed by atoms with Gasteiger partial charge in [0, 0.05) is 29.3 Å². The number of primary amides is 1. The Labute approximate surface area is 142 Å². The Kier molecular flexibility index (Phi) is 4.34. The number of nitrogens with zero attached hydrogens (tertiary/aromatic N) is 1. The third-order valence-corrected chi connectivity index (χ3v) is 4.59. The molecule has 122 valence electrons. The number of rotatable bonds is 4. The Morgan fingerprint density at radius 2 is 1.96 bits per heavy atom. The van der Waals surface area contributed by atoms with E-state index in [1.54, 1.807) is 12.1 Å². The fraction of sp³-hybridized carbons (Fsp3) is 0.238. The van der Waals surface area contributed by atoms with E-state index in [0.29, 0.717) is 5.56 Å². The highest BCUT2D eigenvalue weighted by Gasteiger charge is 2.28. The topological polar surface area (TPSA) is 55.4 Å². The zero-order chi connectivity index (χ0) is 17.2. The molecule has 1 amide bonds. The first-order valence-electron chi connectivity index (χ1n) is 8.15. The standard InChI is InChI=1S/C21H22N2O/c1-15-4-3-5-16(12-15)13-19-14-21(2,10-11-23-19)18-8-6-17(7-9-18)20(22)24/h3-12H,13-14H2,1-2H3,(H2,22,24). The molecule has 0 aliphatic carbocycles. The van der Waals surface area contributed by atoms with Gasteiger partial charge >= 0.3 is 0 Å². The molecule has 2 aromatic carbocycles. The van der Waals surface area contributed by atoms with E-state index in [9.17, 15) is 4.79 Å². The van der Waals surface area contributed by atoms with Crippen LogP contribution in [0.1, 0.15) is 40.4 Å². The van der Waals surface area contributed by atoms with Gasteiger partial charge in [-0.3, -0.25) is 9.79 Å². The summed E-state index contributed by atoms with van der Waals surface area (Å²) in [5, 5.41) is 0. The molecule has 3 heteroatoms. The molecule has 0 bridgehead atoms. The van der Waals surface area contributed by atoms with Crippen molar-refractivity contribution >= 4 is 11.6 Å². The molecule has 1 aliphatic heterocycles. The van der Waals surface area contributed by atoms with Crippen LogP contribution < -0.4 is 5.73 Å². The number of allylic oxidation sites excluding steroid dienone is 1. The number of amides is 1. The molecular weight excluding hydrogens is 296 g/mol. The van der Waals surface area contributed by atoms with Crippen LogP contribution in [0.25, 0.3) is 0 Å². The maximum absolute atomic E-state index is 11.2. The molecule has 3 nitrogen and oxygen atoms in total. The van der Waals surface area contributed by atoms with Crippen LogP contribution in [0.4, 0.5) is 0 Å². The summed E-state index contributed by atoms with van der Waals surface area (Å²) in [4.78, 5) is 15.8. The molecule has 1 unspecified atom stereocenters. The Bertz CT molecular complexity index is 818. The van der Waals surface area contributed by atoms with Gasteiger partial charge in [0.2, 0.25) is 5.91 Å². The number of hydrogen-bond acceptors (Lipinski definition) is 2. The minimum atomic E-state index is -0.396. The van der Waals surface area contributed by atoms with E-state index in [-0.39, 0.29) is 5.41 Å². The van der Waals surface area contributed by atoms with Crippen molar-refractivity contribution in [3.05, 3.63) is 83.1 Å². The third kappa shape index (κ3) is 3.46.